The van der Waals surface area contributed by atoms with Crippen molar-refractivity contribution >= 4 is 46.6 Å². The summed E-state index contributed by atoms with van der Waals surface area (Å²) in [5.74, 6) is 0. The van der Waals surface area contributed by atoms with Crippen LogP contribution < -0.4 is 0 Å². The predicted octanol–water partition coefficient (Wildman–Crippen LogP) is 5.09. The fraction of sp³-hybridized carbons (Fsp3) is 0.167. The van der Waals surface area contributed by atoms with Crippen molar-refractivity contribution < 1.29 is 9.53 Å². The van der Waals surface area contributed by atoms with Gasteiger partial charge in [0.25, 0.3) is 0 Å². The molecule has 0 saturated carbocycles. The van der Waals surface area contributed by atoms with E-state index in [1.54, 1.807) is 50.2 Å². The first-order valence-electron chi connectivity index (χ1n) is 6.93. The third-order valence-electron chi connectivity index (χ3n) is 2.72. The molecule has 0 aliphatic carbocycles. The molecule has 0 bridgehead atoms. The number of nitriles is 1. The van der Waals surface area contributed by atoms with E-state index in [-0.39, 0.29) is 5.12 Å². The third kappa shape index (κ3) is 7.14. The summed E-state index contributed by atoms with van der Waals surface area (Å²) in [5.41, 5.74) is 0.482. The zero-order valence-electron chi connectivity index (χ0n) is 13.2. The molecule has 0 N–H and O–H groups in total. The molecule has 2 aromatic carbocycles. The maximum absolute atomic E-state index is 10.5. The van der Waals surface area contributed by atoms with E-state index in [4.69, 9.17) is 33.8 Å². The van der Waals surface area contributed by atoms with Crippen LogP contribution in [0.4, 0.5) is 0 Å². The first-order valence-corrected chi connectivity index (χ1v) is 8.17. The van der Waals surface area contributed by atoms with E-state index < -0.39 is 5.60 Å². The molecule has 0 amide bonds. The molecule has 3 nitrogen and oxygen atoms in total. The zero-order chi connectivity index (χ0) is 18.2. The molecule has 0 saturated heterocycles. The number of thiocarbonyl (C=S) groups is 1. The van der Waals surface area contributed by atoms with Crippen LogP contribution in [0.1, 0.15) is 29.8 Å². The molecule has 2 rings (SSSR count). The van der Waals surface area contributed by atoms with Gasteiger partial charge in [0.1, 0.15) is 6.07 Å². The van der Waals surface area contributed by atoms with Crippen LogP contribution in [-0.4, -0.2) is 15.8 Å². The van der Waals surface area contributed by atoms with Crippen LogP contribution in [0.25, 0.3) is 0 Å². The fourth-order valence-corrected chi connectivity index (χ4v) is 2.10. The fourth-order valence-electron chi connectivity index (χ4n) is 1.48. The Hall–Kier alpha value is -1.87. The summed E-state index contributed by atoms with van der Waals surface area (Å²) in [6.07, 6.45) is 0. The highest BCUT2D eigenvalue weighted by Crippen LogP contribution is 2.15. The number of carbonyl (C=O) groups is 1. The minimum absolute atomic E-state index is 0.185. The summed E-state index contributed by atoms with van der Waals surface area (Å²) in [6.45, 7) is 3.32. The third-order valence-corrected chi connectivity index (χ3v) is 3.55. The highest BCUT2D eigenvalue weighted by molar-refractivity contribution is 7.97. The first-order chi connectivity index (χ1) is 11.2. The number of halogens is 1. The van der Waals surface area contributed by atoms with E-state index in [1.165, 1.54) is 0 Å². The van der Waals surface area contributed by atoms with Crippen molar-refractivity contribution in [3.8, 4) is 6.07 Å². The smallest absolute Gasteiger partial charge is 0.216 e. The Morgan fingerprint density at radius 1 is 1.12 bits per heavy atom. The van der Waals surface area contributed by atoms with E-state index in [1.807, 2.05) is 24.3 Å². The second kappa shape index (κ2) is 9.43. The Balaban J connectivity index is 0.000000272. The van der Waals surface area contributed by atoms with Crippen LogP contribution in [0.3, 0.4) is 0 Å². The molecule has 0 aliphatic heterocycles. The molecule has 0 fully saturated rings. The normalized spacial score (nSPS) is 9.96. The number of hydrogen-bond acceptors (Lipinski definition) is 4. The highest BCUT2D eigenvalue weighted by Gasteiger charge is 2.20. The van der Waals surface area contributed by atoms with Gasteiger partial charge in [0.2, 0.25) is 5.12 Å². The lowest BCUT2D eigenvalue weighted by Gasteiger charge is -2.18. The van der Waals surface area contributed by atoms with E-state index in [0.717, 1.165) is 5.56 Å². The lowest BCUT2D eigenvalue weighted by Crippen LogP contribution is -2.25. The number of rotatable bonds is 3. The van der Waals surface area contributed by atoms with E-state index in [2.05, 4.69) is 12.6 Å². The molecule has 0 radical (unpaired) electrons. The number of benzene rings is 2. The average Bonchev–Trinajstić information content (AvgIpc) is 2.56. The lowest BCUT2D eigenvalue weighted by molar-refractivity contribution is 0.109. The van der Waals surface area contributed by atoms with Gasteiger partial charge in [-0.3, -0.25) is 4.79 Å². The molecule has 6 heteroatoms. The minimum atomic E-state index is -0.906. The van der Waals surface area contributed by atoms with Gasteiger partial charge >= 0.3 is 0 Å². The Morgan fingerprint density at radius 2 is 1.67 bits per heavy atom. The summed E-state index contributed by atoms with van der Waals surface area (Å²) in [6, 6.07) is 17.9. The topological polar surface area (TPSA) is 50.1 Å². The van der Waals surface area contributed by atoms with Crippen LogP contribution in [0, 0.1) is 11.3 Å². The maximum atomic E-state index is 10.5. The van der Waals surface area contributed by atoms with Gasteiger partial charge in [0.15, 0.2) is 10.7 Å². The number of nitrogens with zero attached hydrogens (tertiary/aromatic N) is 1. The monoisotopic (exact) mass is 377 g/mol. The molecule has 0 aromatic heterocycles. The summed E-state index contributed by atoms with van der Waals surface area (Å²) >= 11 is 14.5. The largest absolute Gasteiger partial charge is 0.462 e. The quantitative estimate of drug-likeness (QED) is 0.597. The summed E-state index contributed by atoms with van der Waals surface area (Å²) < 4.78 is 5.34. The molecule has 2 aromatic rings. The van der Waals surface area contributed by atoms with Gasteiger partial charge in [-0.05, 0) is 50.3 Å². The number of carbonyl (C=O) groups excluding carboxylic acids is 1. The second-order valence-electron chi connectivity index (χ2n) is 5.19. The standard InChI is InChI=1S/C11H10ClNOS.C7H6OS/c1-11(2,7-13)14-10(15)8-3-5-9(12)6-4-8;8-7(9)6-4-2-1-3-5-6/h3-6H,1-2H3;1-5H,(H,8,9). The molecular weight excluding hydrogens is 362 g/mol. The first kappa shape index (κ1) is 20.2. The summed E-state index contributed by atoms with van der Waals surface area (Å²) in [7, 11) is 0. The van der Waals surface area contributed by atoms with Gasteiger partial charge in [-0.15, -0.1) is 12.6 Å². The molecule has 0 aliphatic rings. The Kier molecular flexibility index (Phi) is 7.93. The molecule has 24 heavy (non-hydrogen) atoms. The van der Waals surface area contributed by atoms with Crippen molar-refractivity contribution in [2.75, 3.05) is 0 Å². The van der Waals surface area contributed by atoms with Crippen molar-refractivity contribution in [3.63, 3.8) is 0 Å². The molecular formula is C18H16ClNO2S2. The Labute approximate surface area is 157 Å². The molecule has 0 spiro atoms. The molecule has 0 atom stereocenters. The van der Waals surface area contributed by atoms with Crippen molar-refractivity contribution in [1.29, 1.82) is 5.26 Å². The molecule has 0 unspecified atom stereocenters. The van der Waals surface area contributed by atoms with Crippen LogP contribution in [0.2, 0.25) is 5.02 Å². The van der Waals surface area contributed by atoms with Gasteiger partial charge in [0, 0.05) is 16.1 Å². The van der Waals surface area contributed by atoms with E-state index in [9.17, 15) is 4.79 Å². The second-order valence-corrected chi connectivity index (χ2v) is 6.40. The summed E-state index contributed by atoms with van der Waals surface area (Å²) in [4.78, 5) is 10.5. The Morgan fingerprint density at radius 3 is 2.08 bits per heavy atom. The number of ether oxygens (including phenoxy) is 1. The Bertz CT molecular complexity index is 738. The number of thiol groups is 1. The van der Waals surface area contributed by atoms with Crippen LogP contribution in [0.15, 0.2) is 54.6 Å². The van der Waals surface area contributed by atoms with Gasteiger partial charge in [-0.2, -0.15) is 5.26 Å². The predicted molar refractivity (Wildman–Crippen MR) is 104 cm³/mol. The zero-order valence-corrected chi connectivity index (χ0v) is 15.7. The van der Waals surface area contributed by atoms with Crippen molar-refractivity contribution in [3.05, 3.63) is 70.7 Å². The van der Waals surface area contributed by atoms with Crippen molar-refractivity contribution in [2.45, 2.75) is 19.4 Å². The van der Waals surface area contributed by atoms with Crippen LogP contribution in [0.5, 0.6) is 0 Å². The molecule has 0 heterocycles. The average molecular weight is 378 g/mol. The number of hydrogen-bond donors (Lipinski definition) is 1. The van der Waals surface area contributed by atoms with Crippen LogP contribution in [-0.2, 0) is 4.74 Å². The summed E-state index contributed by atoms with van der Waals surface area (Å²) in [5, 5.41) is 9.54. The van der Waals surface area contributed by atoms with E-state index in [0.29, 0.717) is 15.6 Å². The van der Waals surface area contributed by atoms with Gasteiger partial charge in [-0.1, -0.05) is 41.9 Å². The van der Waals surface area contributed by atoms with Gasteiger partial charge in [0.05, 0.1) is 0 Å². The van der Waals surface area contributed by atoms with Crippen molar-refractivity contribution in [2.24, 2.45) is 0 Å². The van der Waals surface area contributed by atoms with Crippen molar-refractivity contribution in [1.82, 2.24) is 0 Å². The van der Waals surface area contributed by atoms with Crippen LogP contribution >= 0.6 is 36.4 Å². The van der Waals surface area contributed by atoms with E-state index >= 15 is 0 Å². The molecule has 124 valence electrons. The van der Waals surface area contributed by atoms with Gasteiger partial charge in [-0.25, -0.2) is 0 Å². The highest BCUT2D eigenvalue weighted by atomic mass is 35.5. The minimum Gasteiger partial charge on any atom is -0.462 e. The maximum Gasteiger partial charge on any atom is 0.216 e. The van der Waals surface area contributed by atoms with Gasteiger partial charge < -0.3 is 4.74 Å². The SMILES string of the molecule is CC(C)(C#N)OC(=S)c1ccc(Cl)cc1.O=C(S)c1ccccc1. The lowest BCUT2D eigenvalue weighted by atomic mass is 10.1.